The molecule has 1 aromatic heterocycles. The van der Waals surface area contributed by atoms with Crippen molar-refractivity contribution in [3.63, 3.8) is 0 Å². The molecule has 2 aromatic rings. The molecule has 1 aromatic carbocycles. The van der Waals surface area contributed by atoms with Crippen LogP contribution in [0.2, 0.25) is 0 Å². The van der Waals surface area contributed by atoms with Crippen LogP contribution in [0.5, 0.6) is 0 Å². The van der Waals surface area contributed by atoms with E-state index >= 15 is 0 Å². The maximum atomic E-state index is 11.8. The molecule has 116 valence electrons. The Hall–Kier alpha value is -1.65. The van der Waals surface area contributed by atoms with Crippen molar-refractivity contribution in [2.45, 2.75) is 25.8 Å². The van der Waals surface area contributed by atoms with Gasteiger partial charge < -0.3 is 10.1 Å². The van der Waals surface area contributed by atoms with Gasteiger partial charge in [-0.3, -0.25) is 9.69 Å². The molecule has 1 fully saturated rings. The van der Waals surface area contributed by atoms with Gasteiger partial charge in [0.05, 0.1) is 6.04 Å². The summed E-state index contributed by atoms with van der Waals surface area (Å²) in [5.74, 6) is 0.452. The molecular weight excluding hydrogens is 276 g/mol. The topological polar surface area (TPSA) is 56.3 Å². The SMILES string of the molecule is CC(=O)[C@H]1C[C@H](CO)[C@H]2c3[nH]c4ccccc4c3CCN2C1. The lowest BCUT2D eigenvalue weighted by Crippen LogP contribution is -2.49. The third-order valence-corrected chi connectivity index (χ3v) is 5.48. The van der Waals surface area contributed by atoms with Gasteiger partial charge in [-0.15, -0.1) is 0 Å². The highest BCUT2D eigenvalue weighted by Gasteiger charge is 2.42. The number of aromatic amines is 1. The number of Topliss-reactive ketones (excluding diaryl/α,β-unsaturated/α-hetero) is 1. The Morgan fingerprint density at radius 2 is 2.23 bits per heavy atom. The van der Waals surface area contributed by atoms with E-state index in [1.807, 2.05) is 0 Å². The van der Waals surface area contributed by atoms with E-state index in [9.17, 15) is 9.90 Å². The van der Waals surface area contributed by atoms with Gasteiger partial charge in [-0.1, -0.05) is 18.2 Å². The molecule has 0 radical (unpaired) electrons. The largest absolute Gasteiger partial charge is 0.396 e. The van der Waals surface area contributed by atoms with E-state index in [1.54, 1.807) is 6.92 Å². The van der Waals surface area contributed by atoms with Crippen molar-refractivity contribution in [3.05, 3.63) is 35.5 Å². The molecule has 22 heavy (non-hydrogen) atoms. The summed E-state index contributed by atoms with van der Waals surface area (Å²) in [7, 11) is 0. The Bertz CT molecular complexity index is 721. The number of carbonyl (C=O) groups is 1. The van der Waals surface area contributed by atoms with E-state index in [1.165, 1.54) is 22.2 Å². The van der Waals surface area contributed by atoms with Gasteiger partial charge in [-0.2, -0.15) is 0 Å². The van der Waals surface area contributed by atoms with Crippen LogP contribution in [0.25, 0.3) is 10.9 Å². The number of nitrogens with zero attached hydrogens (tertiary/aromatic N) is 1. The summed E-state index contributed by atoms with van der Waals surface area (Å²) in [6.45, 7) is 3.61. The van der Waals surface area contributed by atoms with Crippen molar-refractivity contribution in [3.8, 4) is 0 Å². The van der Waals surface area contributed by atoms with Gasteiger partial charge in [0.15, 0.2) is 0 Å². The predicted octanol–water partition coefficient (Wildman–Crippen LogP) is 2.28. The number of fused-ring (bicyclic) bond motifs is 5. The molecule has 2 aliphatic rings. The first kappa shape index (κ1) is 14.0. The summed E-state index contributed by atoms with van der Waals surface area (Å²) in [5, 5.41) is 11.2. The van der Waals surface area contributed by atoms with E-state index in [0.717, 1.165) is 25.9 Å². The molecule has 0 spiro atoms. The lowest BCUT2D eigenvalue weighted by atomic mass is 9.78. The minimum atomic E-state index is 0.0688. The third kappa shape index (κ3) is 2.02. The fourth-order valence-electron chi connectivity index (χ4n) is 4.38. The fourth-order valence-corrected chi connectivity index (χ4v) is 4.38. The monoisotopic (exact) mass is 298 g/mol. The maximum Gasteiger partial charge on any atom is 0.134 e. The van der Waals surface area contributed by atoms with Crippen LogP contribution in [0.3, 0.4) is 0 Å². The molecule has 2 N–H and O–H groups in total. The quantitative estimate of drug-likeness (QED) is 0.894. The van der Waals surface area contributed by atoms with Gasteiger partial charge in [0.2, 0.25) is 0 Å². The fraction of sp³-hybridized carbons (Fsp3) is 0.500. The number of aromatic nitrogens is 1. The number of hydrogen-bond acceptors (Lipinski definition) is 3. The van der Waals surface area contributed by atoms with E-state index in [-0.39, 0.29) is 30.3 Å². The molecular formula is C18H22N2O2. The summed E-state index contributed by atoms with van der Waals surface area (Å²) >= 11 is 0. The van der Waals surface area contributed by atoms with Crippen molar-refractivity contribution >= 4 is 16.7 Å². The normalized spacial score (nSPS) is 28.4. The number of ketones is 1. The van der Waals surface area contributed by atoms with Crippen LogP contribution in [-0.4, -0.2) is 40.5 Å². The lowest BCUT2D eigenvalue weighted by molar-refractivity contribution is -0.124. The number of para-hydroxylation sites is 1. The number of piperidine rings is 1. The minimum Gasteiger partial charge on any atom is -0.396 e. The van der Waals surface area contributed by atoms with E-state index in [0.29, 0.717) is 0 Å². The van der Waals surface area contributed by atoms with Crippen molar-refractivity contribution in [2.24, 2.45) is 11.8 Å². The summed E-state index contributed by atoms with van der Waals surface area (Å²) in [6, 6.07) is 8.65. The molecule has 0 saturated carbocycles. The number of hydrogen-bond donors (Lipinski definition) is 2. The number of aliphatic hydroxyl groups excluding tert-OH is 1. The number of rotatable bonds is 2. The van der Waals surface area contributed by atoms with Crippen LogP contribution in [0, 0.1) is 11.8 Å². The lowest BCUT2D eigenvalue weighted by Gasteiger charge is -2.46. The van der Waals surface area contributed by atoms with Crippen LogP contribution in [0.15, 0.2) is 24.3 Å². The average Bonchev–Trinajstić information content (AvgIpc) is 2.92. The molecule has 4 rings (SSSR count). The molecule has 3 atom stereocenters. The molecule has 0 bridgehead atoms. The first-order chi connectivity index (χ1) is 10.7. The number of H-pyrrole nitrogens is 1. The second kappa shape index (κ2) is 5.21. The highest BCUT2D eigenvalue weighted by atomic mass is 16.3. The Labute approximate surface area is 130 Å². The van der Waals surface area contributed by atoms with E-state index in [2.05, 4.69) is 34.1 Å². The number of nitrogens with one attached hydrogen (secondary N) is 1. The van der Waals surface area contributed by atoms with Crippen molar-refractivity contribution in [1.29, 1.82) is 0 Å². The first-order valence-corrected chi connectivity index (χ1v) is 8.14. The van der Waals surface area contributed by atoms with Crippen molar-refractivity contribution in [1.82, 2.24) is 9.88 Å². The molecule has 4 nitrogen and oxygen atoms in total. The van der Waals surface area contributed by atoms with Gasteiger partial charge >= 0.3 is 0 Å². The van der Waals surface area contributed by atoms with Crippen LogP contribution >= 0.6 is 0 Å². The Morgan fingerprint density at radius 1 is 1.41 bits per heavy atom. The summed E-state index contributed by atoms with van der Waals surface area (Å²) < 4.78 is 0. The zero-order valence-electron chi connectivity index (χ0n) is 12.9. The molecule has 3 heterocycles. The summed E-state index contributed by atoms with van der Waals surface area (Å²) in [6.07, 6.45) is 1.81. The molecule has 1 saturated heterocycles. The summed E-state index contributed by atoms with van der Waals surface area (Å²) in [4.78, 5) is 17.8. The van der Waals surface area contributed by atoms with E-state index < -0.39 is 0 Å². The Kier molecular flexibility index (Phi) is 3.31. The standard InChI is InChI=1S/C18H22N2O2/c1-11(22)12-8-13(10-21)18-17-15(6-7-20(18)9-12)14-4-2-3-5-16(14)19-17/h2-5,12-13,18-19,21H,6-10H2,1H3/t12-,13+,18-/m0/s1. The third-order valence-electron chi connectivity index (χ3n) is 5.48. The van der Waals surface area contributed by atoms with Crippen molar-refractivity contribution < 1.29 is 9.90 Å². The number of carbonyl (C=O) groups excluding carboxylic acids is 1. The number of benzene rings is 1. The predicted molar refractivity (Wildman–Crippen MR) is 85.7 cm³/mol. The first-order valence-electron chi connectivity index (χ1n) is 8.14. The minimum absolute atomic E-state index is 0.0688. The Morgan fingerprint density at radius 3 is 3.00 bits per heavy atom. The van der Waals surface area contributed by atoms with Gasteiger partial charge in [0, 0.05) is 48.1 Å². The molecule has 2 aliphatic heterocycles. The smallest absolute Gasteiger partial charge is 0.134 e. The van der Waals surface area contributed by atoms with Crippen LogP contribution in [0.1, 0.15) is 30.6 Å². The molecule has 0 amide bonds. The Balaban J connectivity index is 1.78. The highest BCUT2D eigenvalue weighted by Crippen LogP contribution is 2.43. The zero-order chi connectivity index (χ0) is 15.3. The molecule has 4 heteroatoms. The van der Waals surface area contributed by atoms with Gasteiger partial charge in [0.1, 0.15) is 5.78 Å². The van der Waals surface area contributed by atoms with Gasteiger partial charge in [-0.25, -0.2) is 0 Å². The van der Waals surface area contributed by atoms with Crippen LogP contribution in [-0.2, 0) is 11.2 Å². The van der Waals surface area contributed by atoms with Crippen molar-refractivity contribution in [2.75, 3.05) is 19.7 Å². The second-order valence-electron chi connectivity index (χ2n) is 6.74. The molecule has 0 aliphatic carbocycles. The van der Waals surface area contributed by atoms with E-state index in [4.69, 9.17) is 0 Å². The van der Waals surface area contributed by atoms with Gasteiger partial charge in [0.25, 0.3) is 0 Å². The van der Waals surface area contributed by atoms with Crippen LogP contribution < -0.4 is 0 Å². The second-order valence-corrected chi connectivity index (χ2v) is 6.74. The highest BCUT2D eigenvalue weighted by molar-refractivity contribution is 5.85. The zero-order valence-corrected chi connectivity index (χ0v) is 12.9. The molecule has 0 unspecified atom stereocenters. The number of aliphatic hydroxyl groups is 1. The van der Waals surface area contributed by atoms with Crippen LogP contribution in [0.4, 0.5) is 0 Å². The average molecular weight is 298 g/mol. The van der Waals surface area contributed by atoms with Gasteiger partial charge in [-0.05, 0) is 31.4 Å². The summed E-state index contributed by atoms with van der Waals surface area (Å²) in [5.41, 5.74) is 3.84. The maximum absolute atomic E-state index is 11.8.